The summed E-state index contributed by atoms with van der Waals surface area (Å²) < 4.78 is 2.06. The molecule has 1 unspecified atom stereocenters. The van der Waals surface area contributed by atoms with Crippen LogP contribution in [0.4, 0.5) is 11.6 Å². The number of imidazole rings is 1. The summed E-state index contributed by atoms with van der Waals surface area (Å²) in [5.74, 6) is 1.89. The molecular formula is C16H27N5. The first-order chi connectivity index (χ1) is 10.2. The zero-order valence-electron chi connectivity index (χ0n) is 13.6. The summed E-state index contributed by atoms with van der Waals surface area (Å²) in [7, 11) is 0. The third-order valence-electron chi connectivity index (χ3n) is 3.86. The first kappa shape index (κ1) is 15.6. The van der Waals surface area contributed by atoms with Crippen LogP contribution in [0.5, 0.6) is 0 Å². The van der Waals surface area contributed by atoms with E-state index in [0.717, 1.165) is 36.8 Å². The summed E-state index contributed by atoms with van der Waals surface area (Å²) in [6.07, 6.45) is 9.28. The van der Waals surface area contributed by atoms with Crippen LogP contribution in [0.25, 0.3) is 5.65 Å². The SMILES string of the molecule is CCCCN(c1nc(NCC)cn2ccnc12)C(C)CC. The highest BCUT2D eigenvalue weighted by atomic mass is 15.3. The summed E-state index contributed by atoms with van der Waals surface area (Å²) in [6.45, 7) is 10.7. The molecule has 1 N–H and O–H groups in total. The molecule has 2 aromatic heterocycles. The lowest BCUT2D eigenvalue weighted by Gasteiger charge is -2.30. The molecule has 0 spiro atoms. The Morgan fingerprint density at radius 2 is 2.14 bits per heavy atom. The minimum Gasteiger partial charge on any atom is -0.369 e. The van der Waals surface area contributed by atoms with Gasteiger partial charge in [-0.1, -0.05) is 20.3 Å². The second kappa shape index (κ2) is 7.29. The van der Waals surface area contributed by atoms with Gasteiger partial charge in [-0.3, -0.25) is 0 Å². The number of hydrogen-bond acceptors (Lipinski definition) is 4. The Morgan fingerprint density at radius 1 is 1.33 bits per heavy atom. The Bertz CT molecular complexity index is 563. The fourth-order valence-electron chi connectivity index (χ4n) is 2.46. The molecule has 0 aliphatic heterocycles. The molecule has 2 rings (SSSR count). The van der Waals surface area contributed by atoms with E-state index in [9.17, 15) is 0 Å². The van der Waals surface area contributed by atoms with Crippen molar-refractivity contribution in [3.8, 4) is 0 Å². The Balaban J connectivity index is 2.45. The average Bonchev–Trinajstić information content (AvgIpc) is 2.95. The van der Waals surface area contributed by atoms with Crippen LogP contribution in [0.3, 0.4) is 0 Å². The van der Waals surface area contributed by atoms with Gasteiger partial charge in [0.25, 0.3) is 0 Å². The van der Waals surface area contributed by atoms with E-state index in [1.165, 1.54) is 12.8 Å². The van der Waals surface area contributed by atoms with Crippen molar-refractivity contribution in [3.05, 3.63) is 18.6 Å². The molecule has 0 aromatic carbocycles. The highest BCUT2D eigenvalue weighted by Crippen LogP contribution is 2.24. The largest absolute Gasteiger partial charge is 0.369 e. The van der Waals surface area contributed by atoms with Crippen molar-refractivity contribution >= 4 is 17.3 Å². The van der Waals surface area contributed by atoms with Crippen molar-refractivity contribution in [3.63, 3.8) is 0 Å². The summed E-state index contributed by atoms with van der Waals surface area (Å²) in [6, 6.07) is 0.460. The number of aromatic nitrogens is 3. The molecule has 0 amide bonds. The molecule has 0 saturated carbocycles. The third kappa shape index (κ3) is 3.46. The molecule has 0 aliphatic rings. The molecule has 0 bridgehead atoms. The number of anilines is 2. The van der Waals surface area contributed by atoms with Gasteiger partial charge in [0.05, 0.1) is 6.20 Å². The number of hydrogen-bond donors (Lipinski definition) is 1. The molecular weight excluding hydrogens is 262 g/mol. The topological polar surface area (TPSA) is 45.5 Å². The standard InChI is InChI=1S/C16H27N5/c1-5-8-10-21(13(4)6-2)16-15-18-9-11-20(15)12-14(19-16)17-7-3/h9,11-13,17H,5-8,10H2,1-4H3. The summed E-state index contributed by atoms with van der Waals surface area (Å²) in [4.78, 5) is 11.7. The molecule has 0 aliphatic carbocycles. The van der Waals surface area contributed by atoms with Crippen LogP contribution in [0.1, 0.15) is 47.0 Å². The molecule has 5 heteroatoms. The molecule has 1 atom stereocenters. The van der Waals surface area contributed by atoms with E-state index >= 15 is 0 Å². The Labute approximate surface area is 127 Å². The van der Waals surface area contributed by atoms with Gasteiger partial charge in [-0.05, 0) is 26.7 Å². The molecule has 5 nitrogen and oxygen atoms in total. The lowest BCUT2D eigenvalue weighted by Crippen LogP contribution is -2.34. The van der Waals surface area contributed by atoms with Crippen LogP contribution in [0.15, 0.2) is 18.6 Å². The molecule has 2 aromatic rings. The average molecular weight is 289 g/mol. The maximum atomic E-state index is 4.82. The van der Waals surface area contributed by atoms with Gasteiger partial charge in [0.15, 0.2) is 11.5 Å². The van der Waals surface area contributed by atoms with E-state index in [0.29, 0.717) is 6.04 Å². The van der Waals surface area contributed by atoms with Gasteiger partial charge in [0.1, 0.15) is 5.82 Å². The molecule has 0 saturated heterocycles. The van der Waals surface area contributed by atoms with E-state index in [1.807, 2.05) is 18.6 Å². The summed E-state index contributed by atoms with van der Waals surface area (Å²) in [5.41, 5.74) is 0.938. The van der Waals surface area contributed by atoms with Crippen molar-refractivity contribution < 1.29 is 0 Å². The second-order valence-electron chi connectivity index (χ2n) is 5.44. The van der Waals surface area contributed by atoms with Crippen LogP contribution in [-0.4, -0.2) is 33.5 Å². The van der Waals surface area contributed by atoms with Crippen LogP contribution >= 0.6 is 0 Å². The predicted molar refractivity (Wildman–Crippen MR) is 89.2 cm³/mol. The van der Waals surface area contributed by atoms with Crippen LogP contribution < -0.4 is 10.2 Å². The van der Waals surface area contributed by atoms with Gasteiger partial charge in [0, 0.05) is 31.5 Å². The summed E-state index contributed by atoms with van der Waals surface area (Å²) >= 11 is 0. The zero-order chi connectivity index (χ0) is 15.2. The fourth-order valence-corrected chi connectivity index (χ4v) is 2.46. The van der Waals surface area contributed by atoms with Crippen molar-refractivity contribution in [1.82, 2.24) is 14.4 Å². The van der Waals surface area contributed by atoms with Gasteiger partial charge in [-0.25, -0.2) is 9.97 Å². The second-order valence-corrected chi connectivity index (χ2v) is 5.44. The number of rotatable bonds is 8. The van der Waals surface area contributed by atoms with E-state index < -0.39 is 0 Å². The number of nitrogens with one attached hydrogen (secondary N) is 1. The Kier molecular flexibility index (Phi) is 5.42. The summed E-state index contributed by atoms with van der Waals surface area (Å²) in [5, 5.41) is 3.31. The first-order valence-electron chi connectivity index (χ1n) is 8.05. The monoisotopic (exact) mass is 289 g/mol. The number of unbranched alkanes of at least 4 members (excludes halogenated alkanes) is 1. The molecule has 116 valence electrons. The van der Waals surface area contributed by atoms with Crippen molar-refractivity contribution in [2.24, 2.45) is 0 Å². The van der Waals surface area contributed by atoms with Crippen molar-refractivity contribution in [1.29, 1.82) is 0 Å². The molecule has 0 fully saturated rings. The minimum absolute atomic E-state index is 0.460. The number of nitrogens with zero attached hydrogens (tertiary/aromatic N) is 4. The molecule has 2 heterocycles. The maximum absolute atomic E-state index is 4.82. The van der Waals surface area contributed by atoms with Crippen molar-refractivity contribution in [2.45, 2.75) is 53.0 Å². The van der Waals surface area contributed by atoms with Gasteiger partial charge >= 0.3 is 0 Å². The first-order valence-corrected chi connectivity index (χ1v) is 8.05. The van der Waals surface area contributed by atoms with E-state index in [-0.39, 0.29) is 0 Å². The van der Waals surface area contributed by atoms with Crippen molar-refractivity contribution in [2.75, 3.05) is 23.3 Å². The number of fused-ring (bicyclic) bond motifs is 1. The van der Waals surface area contributed by atoms with Gasteiger partial charge in [-0.2, -0.15) is 0 Å². The van der Waals surface area contributed by atoms with E-state index in [2.05, 4.69) is 47.3 Å². The van der Waals surface area contributed by atoms with Crippen LogP contribution in [0.2, 0.25) is 0 Å². The quantitative estimate of drug-likeness (QED) is 0.807. The van der Waals surface area contributed by atoms with E-state index in [4.69, 9.17) is 4.98 Å². The highest BCUT2D eigenvalue weighted by molar-refractivity contribution is 5.67. The predicted octanol–water partition coefficient (Wildman–Crippen LogP) is 3.57. The van der Waals surface area contributed by atoms with Gasteiger partial charge in [0.2, 0.25) is 0 Å². The normalized spacial score (nSPS) is 12.6. The highest BCUT2D eigenvalue weighted by Gasteiger charge is 2.18. The third-order valence-corrected chi connectivity index (χ3v) is 3.86. The Morgan fingerprint density at radius 3 is 2.81 bits per heavy atom. The lowest BCUT2D eigenvalue weighted by molar-refractivity contribution is 0.590. The smallest absolute Gasteiger partial charge is 0.180 e. The minimum atomic E-state index is 0.460. The maximum Gasteiger partial charge on any atom is 0.180 e. The zero-order valence-corrected chi connectivity index (χ0v) is 13.6. The van der Waals surface area contributed by atoms with Crippen LogP contribution in [-0.2, 0) is 0 Å². The fraction of sp³-hybridized carbons (Fsp3) is 0.625. The Hall–Kier alpha value is -1.78. The van der Waals surface area contributed by atoms with E-state index in [1.54, 1.807) is 0 Å². The molecule has 21 heavy (non-hydrogen) atoms. The lowest BCUT2D eigenvalue weighted by atomic mass is 10.2. The van der Waals surface area contributed by atoms with Gasteiger partial charge < -0.3 is 14.6 Å². The van der Waals surface area contributed by atoms with Crippen LogP contribution in [0, 0.1) is 0 Å². The van der Waals surface area contributed by atoms with Gasteiger partial charge in [-0.15, -0.1) is 0 Å². The molecule has 0 radical (unpaired) electrons.